The van der Waals surface area contributed by atoms with Gasteiger partial charge in [0.1, 0.15) is 0 Å². The van der Waals surface area contributed by atoms with Gasteiger partial charge < -0.3 is 9.80 Å². The van der Waals surface area contributed by atoms with Gasteiger partial charge in [0.15, 0.2) is 0 Å². The molecule has 1 atom stereocenters. The highest BCUT2D eigenvalue weighted by Gasteiger charge is 2.44. The van der Waals surface area contributed by atoms with E-state index in [0.717, 1.165) is 31.4 Å². The molecule has 3 rings (SSSR count). The third-order valence-corrected chi connectivity index (χ3v) is 6.47. The van der Waals surface area contributed by atoms with Crippen LogP contribution in [-0.2, 0) is 16.0 Å². The highest BCUT2D eigenvalue weighted by molar-refractivity contribution is 7.13. The smallest absolute Gasteiger partial charge is 0.230 e. The van der Waals surface area contributed by atoms with Crippen LogP contribution in [0.5, 0.6) is 0 Å². The molecule has 0 spiro atoms. The summed E-state index contributed by atoms with van der Waals surface area (Å²) in [6.07, 6.45) is 3.77. The van der Waals surface area contributed by atoms with Crippen molar-refractivity contribution in [2.45, 2.75) is 39.0 Å². The van der Waals surface area contributed by atoms with Gasteiger partial charge in [0, 0.05) is 38.5 Å². The van der Waals surface area contributed by atoms with Crippen LogP contribution < -0.4 is 0 Å². The molecular weight excluding hydrogens is 368 g/mol. The summed E-state index contributed by atoms with van der Waals surface area (Å²) < 4.78 is 0. The van der Waals surface area contributed by atoms with E-state index in [1.54, 1.807) is 16.2 Å². The number of hydrogen-bond donors (Lipinski definition) is 0. The Labute approximate surface area is 172 Å². The third kappa shape index (κ3) is 4.46. The van der Waals surface area contributed by atoms with Crippen LogP contribution in [0.2, 0.25) is 0 Å². The number of thiophene rings is 1. The molecule has 1 aliphatic heterocycles. The molecule has 1 aromatic carbocycles. The number of amides is 2. The van der Waals surface area contributed by atoms with Crippen molar-refractivity contribution in [3.8, 4) is 10.4 Å². The molecule has 1 fully saturated rings. The van der Waals surface area contributed by atoms with Gasteiger partial charge in [-0.15, -0.1) is 11.3 Å². The van der Waals surface area contributed by atoms with Crippen molar-refractivity contribution in [1.29, 1.82) is 0 Å². The topological polar surface area (TPSA) is 40.6 Å². The second-order valence-corrected chi connectivity index (χ2v) is 8.95. The minimum absolute atomic E-state index is 0.129. The Balaban J connectivity index is 1.84. The van der Waals surface area contributed by atoms with E-state index in [4.69, 9.17) is 0 Å². The molecule has 0 bridgehead atoms. The zero-order chi connectivity index (χ0) is 20.1. The molecule has 1 aliphatic rings. The lowest BCUT2D eigenvalue weighted by molar-refractivity contribution is -0.147. The average molecular weight is 399 g/mol. The highest BCUT2D eigenvalue weighted by atomic mass is 32.1. The Morgan fingerprint density at radius 1 is 1.18 bits per heavy atom. The summed E-state index contributed by atoms with van der Waals surface area (Å²) in [7, 11) is 3.63. The lowest BCUT2D eigenvalue weighted by atomic mass is 9.73. The SMILES string of the molecule is CCCC(=O)N1CCC[C@@](Cc2ccc(-c3cccs3)cc2)(C(=O)N(C)C)C1. The van der Waals surface area contributed by atoms with Crippen molar-refractivity contribution in [3.05, 3.63) is 47.3 Å². The molecule has 5 heteroatoms. The van der Waals surface area contributed by atoms with E-state index in [1.807, 2.05) is 25.9 Å². The minimum Gasteiger partial charge on any atom is -0.348 e. The molecule has 0 radical (unpaired) electrons. The van der Waals surface area contributed by atoms with E-state index in [2.05, 4.69) is 41.8 Å². The maximum absolute atomic E-state index is 13.2. The lowest BCUT2D eigenvalue weighted by Gasteiger charge is -2.43. The first kappa shape index (κ1) is 20.6. The number of carbonyl (C=O) groups is 2. The number of carbonyl (C=O) groups excluding carboxylic acids is 2. The Kier molecular flexibility index (Phi) is 6.55. The normalized spacial score (nSPS) is 19.5. The number of likely N-dealkylation sites (tertiary alicyclic amines) is 1. The number of hydrogen-bond acceptors (Lipinski definition) is 3. The van der Waals surface area contributed by atoms with Crippen molar-refractivity contribution in [3.63, 3.8) is 0 Å². The van der Waals surface area contributed by atoms with Crippen LogP contribution in [0.1, 0.15) is 38.2 Å². The summed E-state index contributed by atoms with van der Waals surface area (Å²) in [5.74, 6) is 0.301. The fourth-order valence-corrected chi connectivity index (χ4v) is 4.94. The van der Waals surface area contributed by atoms with Crippen LogP contribution in [0.15, 0.2) is 41.8 Å². The van der Waals surface area contributed by atoms with E-state index in [0.29, 0.717) is 19.4 Å². The molecule has 2 amide bonds. The van der Waals surface area contributed by atoms with Crippen LogP contribution >= 0.6 is 11.3 Å². The highest BCUT2D eigenvalue weighted by Crippen LogP contribution is 2.36. The van der Waals surface area contributed by atoms with Gasteiger partial charge in [0.25, 0.3) is 0 Å². The fourth-order valence-electron chi connectivity index (χ4n) is 4.21. The molecule has 0 aliphatic carbocycles. The molecule has 150 valence electrons. The van der Waals surface area contributed by atoms with Crippen LogP contribution in [0.4, 0.5) is 0 Å². The number of benzene rings is 1. The quantitative estimate of drug-likeness (QED) is 0.721. The molecule has 4 nitrogen and oxygen atoms in total. The number of piperidine rings is 1. The monoisotopic (exact) mass is 398 g/mol. The Hall–Kier alpha value is -2.14. The summed E-state index contributed by atoms with van der Waals surface area (Å²) in [5, 5.41) is 2.08. The maximum atomic E-state index is 13.2. The lowest BCUT2D eigenvalue weighted by Crippen LogP contribution is -2.54. The molecule has 0 N–H and O–H groups in total. The summed E-state index contributed by atoms with van der Waals surface area (Å²) in [4.78, 5) is 30.6. The molecule has 28 heavy (non-hydrogen) atoms. The standard InChI is InChI=1S/C23H30N2O2S/c1-4-7-21(26)25-14-6-13-23(17-25,22(27)24(2)3)16-18-9-11-19(12-10-18)20-8-5-15-28-20/h5,8-12,15H,4,6-7,13-14,16-17H2,1-3H3/t23-/m0/s1. The van der Waals surface area contributed by atoms with E-state index in [9.17, 15) is 9.59 Å². The van der Waals surface area contributed by atoms with Crippen molar-refractivity contribution < 1.29 is 9.59 Å². The predicted molar refractivity (Wildman–Crippen MR) is 115 cm³/mol. The second-order valence-electron chi connectivity index (χ2n) is 8.00. The zero-order valence-corrected chi connectivity index (χ0v) is 17.9. The van der Waals surface area contributed by atoms with Crippen molar-refractivity contribution in [2.24, 2.45) is 5.41 Å². The summed E-state index contributed by atoms with van der Waals surface area (Å²) in [6.45, 7) is 3.31. The zero-order valence-electron chi connectivity index (χ0n) is 17.1. The maximum Gasteiger partial charge on any atom is 0.230 e. The van der Waals surface area contributed by atoms with Gasteiger partial charge in [-0.25, -0.2) is 0 Å². The van der Waals surface area contributed by atoms with Gasteiger partial charge in [0.2, 0.25) is 11.8 Å². The average Bonchev–Trinajstić information content (AvgIpc) is 3.23. The van der Waals surface area contributed by atoms with Gasteiger partial charge in [-0.2, -0.15) is 0 Å². The molecular formula is C23H30N2O2S. The van der Waals surface area contributed by atoms with E-state index in [-0.39, 0.29) is 11.8 Å². The molecule has 2 heterocycles. The van der Waals surface area contributed by atoms with E-state index >= 15 is 0 Å². The molecule has 1 aromatic heterocycles. The summed E-state index contributed by atoms with van der Waals surface area (Å²) in [5.41, 5.74) is 1.82. The molecule has 0 saturated carbocycles. The third-order valence-electron chi connectivity index (χ3n) is 5.56. The second kappa shape index (κ2) is 8.91. The van der Waals surface area contributed by atoms with Crippen LogP contribution in [0.3, 0.4) is 0 Å². The predicted octanol–water partition coefficient (Wildman–Crippen LogP) is 4.45. The van der Waals surface area contributed by atoms with Crippen LogP contribution in [-0.4, -0.2) is 48.8 Å². The van der Waals surface area contributed by atoms with Gasteiger partial charge >= 0.3 is 0 Å². The Morgan fingerprint density at radius 2 is 1.93 bits per heavy atom. The van der Waals surface area contributed by atoms with Gasteiger partial charge in [-0.3, -0.25) is 9.59 Å². The first-order chi connectivity index (χ1) is 13.4. The van der Waals surface area contributed by atoms with Gasteiger partial charge in [-0.1, -0.05) is 37.3 Å². The Bertz CT molecular complexity index is 799. The van der Waals surface area contributed by atoms with Crippen molar-refractivity contribution in [1.82, 2.24) is 9.80 Å². The largest absolute Gasteiger partial charge is 0.348 e. The van der Waals surface area contributed by atoms with Gasteiger partial charge in [-0.05, 0) is 48.3 Å². The van der Waals surface area contributed by atoms with Crippen LogP contribution in [0.25, 0.3) is 10.4 Å². The van der Waals surface area contributed by atoms with E-state index < -0.39 is 5.41 Å². The molecule has 2 aromatic rings. The van der Waals surface area contributed by atoms with E-state index in [1.165, 1.54) is 10.4 Å². The fraction of sp³-hybridized carbons (Fsp3) is 0.478. The molecule has 1 saturated heterocycles. The molecule has 0 unspecified atom stereocenters. The minimum atomic E-state index is -0.532. The first-order valence-corrected chi connectivity index (χ1v) is 11.0. The number of rotatable bonds is 6. The van der Waals surface area contributed by atoms with Gasteiger partial charge in [0.05, 0.1) is 5.41 Å². The van der Waals surface area contributed by atoms with Crippen molar-refractivity contribution in [2.75, 3.05) is 27.2 Å². The Morgan fingerprint density at radius 3 is 2.54 bits per heavy atom. The first-order valence-electron chi connectivity index (χ1n) is 10.1. The van der Waals surface area contributed by atoms with Crippen molar-refractivity contribution >= 4 is 23.2 Å². The summed E-state index contributed by atoms with van der Waals surface area (Å²) >= 11 is 1.73. The summed E-state index contributed by atoms with van der Waals surface area (Å²) in [6, 6.07) is 12.7. The number of nitrogens with zero attached hydrogens (tertiary/aromatic N) is 2. The van der Waals surface area contributed by atoms with Crippen LogP contribution in [0, 0.1) is 5.41 Å².